The number of nitrogens with one attached hydrogen (secondary N) is 1. The first-order valence-corrected chi connectivity index (χ1v) is 4.82. The van der Waals surface area contributed by atoms with Crippen molar-refractivity contribution >= 4 is 5.69 Å². The molecule has 0 saturated carbocycles. The Bertz CT molecular complexity index is 296. The van der Waals surface area contributed by atoms with E-state index in [1.807, 2.05) is 12.1 Å². The summed E-state index contributed by atoms with van der Waals surface area (Å²) in [5.41, 5.74) is 3.12. The summed E-state index contributed by atoms with van der Waals surface area (Å²) in [6, 6.07) is 5.89. The molecule has 0 saturated heterocycles. The predicted molar refractivity (Wildman–Crippen MR) is 52.7 cm³/mol. The third-order valence-electron chi connectivity index (χ3n) is 2.56. The lowest BCUT2D eigenvalue weighted by Gasteiger charge is -2.10. The first-order chi connectivity index (χ1) is 6.42. The number of rotatable bonds is 1. The van der Waals surface area contributed by atoms with Crippen molar-refractivity contribution in [3.05, 3.63) is 29.3 Å². The number of hydrogen-bond acceptors (Lipinski definition) is 1. The minimum absolute atomic E-state index is 0.365. The van der Waals surface area contributed by atoms with Gasteiger partial charge in [-0.2, -0.15) is 0 Å². The van der Waals surface area contributed by atoms with Gasteiger partial charge in [-0.3, -0.25) is 0 Å². The molecule has 70 valence electrons. The zero-order valence-electron chi connectivity index (χ0n) is 7.65. The molecule has 1 aliphatic heterocycles. The maximum Gasteiger partial charge on any atom is 0.117 e. The van der Waals surface area contributed by atoms with Crippen LogP contribution in [0.5, 0.6) is 0 Å². The lowest BCUT2D eigenvalue weighted by atomic mass is 10.0. The highest BCUT2D eigenvalue weighted by Crippen LogP contribution is 2.25. The molecule has 0 radical (unpaired) electrons. The van der Waals surface area contributed by atoms with Crippen LogP contribution in [0.3, 0.4) is 0 Å². The first kappa shape index (κ1) is 8.54. The van der Waals surface area contributed by atoms with Crippen LogP contribution in [0.2, 0.25) is 0 Å². The van der Waals surface area contributed by atoms with Crippen molar-refractivity contribution < 1.29 is 4.39 Å². The molecule has 0 spiro atoms. The summed E-state index contributed by atoms with van der Waals surface area (Å²) in [5.74, 6) is 0. The summed E-state index contributed by atoms with van der Waals surface area (Å²) in [4.78, 5) is 0. The molecule has 0 aliphatic carbocycles. The quantitative estimate of drug-likeness (QED) is 0.699. The maximum atomic E-state index is 12.6. The normalized spacial score (nSPS) is 15.8. The van der Waals surface area contributed by atoms with Gasteiger partial charge >= 0.3 is 0 Å². The summed E-state index contributed by atoms with van der Waals surface area (Å²) in [6.07, 6.45) is 3.46. The first-order valence-electron chi connectivity index (χ1n) is 4.82. The highest BCUT2D eigenvalue weighted by atomic mass is 19.1. The van der Waals surface area contributed by atoms with E-state index in [4.69, 9.17) is 0 Å². The van der Waals surface area contributed by atoms with E-state index in [9.17, 15) is 4.39 Å². The number of para-hydroxylation sites is 1. The molecule has 1 aromatic carbocycles. The van der Waals surface area contributed by atoms with E-state index in [0.29, 0.717) is 0 Å². The molecule has 13 heavy (non-hydrogen) atoms. The number of anilines is 1. The van der Waals surface area contributed by atoms with E-state index < -0.39 is 0 Å². The standard InChI is InChI=1S/C11H14FN/c12-8-10-6-3-5-9-4-1-2-7-13-11(9)10/h3,5-6,13H,1-2,4,7-8H2. The van der Waals surface area contributed by atoms with Gasteiger partial charge in [-0.25, -0.2) is 4.39 Å². The number of hydrogen-bond donors (Lipinski definition) is 1. The number of benzene rings is 1. The van der Waals surface area contributed by atoms with Gasteiger partial charge in [-0.1, -0.05) is 18.2 Å². The fraction of sp³-hybridized carbons (Fsp3) is 0.455. The van der Waals surface area contributed by atoms with E-state index in [2.05, 4.69) is 11.4 Å². The van der Waals surface area contributed by atoms with Gasteiger partial charge < -0.3 is 5.32 Å². The summed E-state index contributed by atoms with van der Waals surface area (Å²) in [6.45, 7) is 0.611. The molecule has 0 unspecified atom stereocenters. The zero-order valence-corrected chi connectivity index (χ0v) is 7.65. The molecule has 0 amide bonds. The third-order valence-corrected chi connectivity index (χ3v) is 2.56. The lowest BCUT2D eigenvalue weighted by Crippen LogP contribution is -2.02. The average molecular weight is 179 g/mol. The van der Waals surface area contributed by atoms with Crippen LogP contribution in [0, 0.1) is 0 Å². The largest absolute Gasteiger partial charge is 0.385 e. The Labute approximate surface area is 78.0 Å². The van der Waals surface area contributed by atoms with Crippen molar-refractivity contribution in [1.82, 2.24) is 0 Å². The van der Waals surface area contributed by atoms with Crippen LogP contribution >= 0.6 is 0 Å². The molecule has 1 heterocycles. The van der Waals surface area contributed by atoms with Crippen LogP contribution in [0.1, 0.15) is 24.0 Å². The Morgan fingerprint density at radius 1 is 1.31 bits per heavy atom. The summed E-state index contributed by atoms with van der Waals surface area (Å²) >= 11 is 0. The van der Waals surface area contributed by atoms with Gasteiger partial charge in [0.15, 0.2) is 0 Å². The SMILES string of the molecule is FCc1cccc2c1NCCCC2. The van der Waals surface area contributed by atoms with Gasteiger partial charge in [0.2, 0.25) is 0 Å². The van der Waals surface area contributed by atoms with Crippen molar-refractivity contribution in [1.29, 1.82) is 0 Å². The molecule has 1 nitrogen and oxygen atoms in total. The van der Waals surface area contributed by atoms with Crippen LogP contribution in [0.4, 0.5) is 10.1 Å². The molecule has 0 aromatic heterocycles. The molecule has 0 fully saturated rings. The fourth-order valence-electron chi connectivity index (χ4n) is 1.85. The number of alkyl halides is 1. The second-order valence-corrected chi connectivity index (χ2v) is 3.47. The summed E-state index contributed by atoms with van der Waals surface area (Å²) in [7, 11) is 0. The number of halogens is 1. The van der Waals surface area contributed by atoms with Crippen molar-refractivity contribution in [2.45, 2.75) is 25.9 Å². The van der Waals surface area contributed by atoms with Gasteiger partial charge in [-0.05, 0) is 24.8 Å². The topological polar surface area (TPSA) is 12.0 Å². The van der Waals surface area contributed by atoms with Gasteiger partial charge in [0.1, 0.15) is 6.67 Å². The monoisotopic (exact) mass is 179 g/mol. The summed E-state index contributed by atoms with van der Waals surface area (Å²) < 4.78 is 12.6. The zero-order chi connectivity index (χ0) is 9.10. The van der Waals surface area contributed by atoms with E-state index in [1.165, 1.54) is 18.4 Å². The highest BCUT2D eigenvalue weighted by Gasteiger charge is 2.10. The van der Waals surface area contributed by atoms with Crippen LogP contribution in [-0.2, 0) is 13.1 Å². The Morgan fingerprint density at radius 3 is 3.08 bits per heavy atom. The average Bonchev–Trinajstić information content (AvgIpc) is 2.41. The maximum absolute atomic E-state index is 12.6. The molecule has 0 atom stereocenters. The van der Waals surface area contributed by atoms with Crippen LogP contribution in [0.15, 0.2) is 18.2 Å². The Kier molecular flexibility index (Phi) is 2.48. The molecular weight excluding hydrogens is 165 g/mol. The van der Waals surface area contributed by atoms with Crippen molar-refractivity contribution in [2.75, 3.05) is 11.9 Å². The minimum atomic E-state index is -0.365. The van der Waals surface area contributed by atoms with Crippen molar-refractivity contribution in [3.63, 3.8) is 0 Å². The van der Waals surface area contributed by atoms with Gasteiger partial charge in [0.05, 0.1) is 0 Å². The lowest BCUT2D eigenvalue weighted by molar-refractivity contribution is 0.486. The Hall–Kier alpha value is -1.05. The molecule has 1 aliphatic rings. The number of aryl methyl sites for hydroxylation is 1. The minimum Gasteiger partial charge on any atom is -0.385 e. The van der Waals surface area contributed by atoms with E-state index >= 15 is 0 Å². The molecule has 1 aromatic rings. The second-order valence-electron chi connectivity index (χ2n) is 3.47. The van der Waals surface area contributed by atoms with E-state index in [0.717, 1.165) is 24.2 Å². The van der Waals surface area contributed by atoms with Gasteiger partial charge in [0, 0.05) is 17.8 Å². The third kappa shape index (κ3) is 1.67. The van der Waals surface area contributed by atoms with Crippen molar-refractivity contribution in [2.24, 2.45) is 0 Å². The van der Waals surface area contributed by atoms with Crippen LogP contribution in [-0.4, -0.2) is 6.54 Å². The Morgan fingerprint density at radius 2 is 2.23 bits per heavy atom. The highest BCUT2D eigenvalue weighted by molar-refractivity contribution is 5.58. The Balaban J connectivity index is 2.40. The smallest absolute Gasteiger partial charge is 0.117 e. The molecular formula is C11H14FN. The molecule has 2 heteroatoms. The van der Waals surface area contributed by atoms with Crippen molar-refractivity contribution in [3.8, 4) is 0 Å². The molecule has 2 rings (SSSR count). The second kappa shape index (κ2) is 3.77. The van der Waals surface area contributed by atoms with Gasteiger partial charge in [0.25, 0.3) is 0 Å². The van der Waals surface area contributed by atoms with Gasteiger partial charge in [-0.15, -0.1) is 0 Å². The van der Waals surface area contributed by atoms with Crippen LogP contribution in [0.25, 0.3) is 0 Å². The van der Waals surface area contributed by atoms with E-state index in [1.54, 1.807) is 0 Å². The number of fused-ring (bicyclic) bond motifs is 1. The molecule has 1 N–H and O–H groups in total. The van der Waals surface area contributed by atoms with Crippen LogP contribution < -0.4 is 5.32 Å². The fourth-order valence-corrected chi connectivity index (χ4v) is 1.85. The predicted octanol–water partition coefficient (Wildman–Crippen LogP) is 2.90. The van der Waals surface area contributed by atoms with E-state index in [-0.39, 0.29) is 6.67 Å². The summed E-state index contributed by atoms with van der Waals surface area (Å²) in [5, 5.41) is 3.30. The molecule has 0 bridgehead atoms.